The van der Waals surface area contributed by atoms with Gasteiger partial charge in [-0.15, -0.1) is 23.7 Å². The number of nitrogens with one attached hydrogen (secondary N) is 3. The number of hydrogen-bond acceptors (Lipinski definition) is 4. The number of halogens is 1. The molecule has 1 aromatic heterocycles. The van der Waals surface area contributed by atoms with Crippen molar-refractivity contribution in [2.24, 2.45) is 0 Å². The van der Waals surface area contributed by atoms with Gasteiger partial charge in [-0.2, -0.15) is 0 Å². The van der Waals surface area contributed by atoms with Gasteiger partial charge >= 0.3 is 0 Å². The molecular weight excluding hydrogens is 370 g/mol. The zero-order chi connectivity index (χ0) is 18.4. The summed E-state index contributed by atoms with van der Waals surface area (Å²) in [5.74, 6) is 0.0221. The van der Waals surface area contributed by atoms with E-state index in [-0.39, 0.29) is 30.3 Å². The van der Waals surface area contributed by atoms with Gasteiger partial charge in [-0.05, 0) is 49.0 Å². The van der Waals surface area contributed by atoms with E-state index in [2.05, 4.69) is 29.8 Å². The van der Waals surface area contributed by atoms with Crippen molar-refractivity contribution in [2.75, 3.05) is 18.9 Å². The molecule has 5 nitrogen and oxygen atoms in total. The monoisotopic (exact) mass is 395 g/mol. The summed E-state index contributed by atoms with van der Waals surface area (Å²) in [5, 5.41) is 11.1. The van der Waals surface area contributed by atoms with Crippen LogP contribution >= 0.6 is 23.7 Å². The standard InChI is InChI=1S/C19H25N3O2S.ClH/c1-12(2)14-5-7-15(8-6-14)17(23)22-19-16(9-10-25-19)18(24)21-11-13(3)20-4;/h5-10,12-13,20H,11H2,1-4H3,(H,21,24)(H,22,23);1H. The van der Waals surface area contributed by atoms with E-state index < -0.39 is 0 Å². The van der Waals surface area contributed by atoms with Gasteiger partial charge in [-0.3, -0.25) is 9.59 Å². The molecular formula is C19H26ClN3O2S. The fourth-order valence-electron chi connectivity index (χ4n) is 2.22. The van der Waals surface area contributed by atoms with Gasteiger partial charge in [0, 0.05) is 18.2 Å². The summed E-state index contributed by atoms with van der Waals surface area (Å²) in [6.45, 7) is 6.73. The topological polar surface area (TPSA) is 70.2 Å². The highest BCUT2D eigenvalue weighted by molar-refractivity contribution is 7.14. The van der Waals surface area contributed by atoms with E-state index >= 15 is 0 Å². The number of benzene rings is 1. The number of amides is 2. The molecule has 1 heterocycles. The maximum atomic E-state index is 12.4. The van der Waals surface area contributed by atoms with E-state index in [0.717, 1.165) is 0 Å². The summed E-state index contributed by atoms with van der Waals surface area (Å²) >= 11 is 1.34. The lowest BCUT2D eigenvalue weighted by molar-refractivity contribution is 0.0952. The average Bonchev–Trinajstić information content (AvgIpc) is 3.07. The number of anilines is 1. The lowest BCUT2D eigenvalue weighted by Crippen LogP contribution is -2.37. The molecule has 7 heteroatoms. The smallest absolute Gasteiger partial charge is 0.256 e. The van der Waals surface area contributed by atoms with Crippen molar-refractivity contribution in [1.82, 2.24) is 10.6 Å². The van der Waals surface area contributed by atoms with Gasteiger partial charge in [0.25, 0.3) is 11.8 Å². The molecule has 1 aromatic carbocycles. The molecule has 1 atom stereocenters. The van der Waals surface area contributed by atoms with Crippen molar-refractivity contribution in [3.05, 3.63) is 52.4 Å². The predicted octanol–water partition coefficient (Wildman–Crippen LogP) is 3.88. The van der Waals surface area contributed by atoms with Crippen molar-refractivity contribution in [3.8, 4) is 0 Å². The van der Waals surface area contributed by atoms with Crippen LogP contribution in [0.2, 0.25) is 0 Å². The number of hydrogen-bond donors (Lipinski definition) is 3. The first-order valence-electron chi connectivity index (χ1n) is 8.36. The number of carbonyl (C=O) groups excluding carboxylic acids is 2. The fraction of sp³-hybridized carbons (Fsp3) is 0.368. The van der Waals surface area contributed by atoms with E-state index in [1.54, 1.807) is 11.4 Å². The van der Waals surface area contributed by atoms with Crippen LogP contribution in [0.1, 0.15) is 53.0 Å². The molecule has 26 heavy (non-hydrogen) atoms. The van der Waals surface area contributed by atoms with E-state index in [4.69, 9.17) is 0 Å². The zero-order valence-electron chi connectivity index (χ0n) is 15.5. The van der Waals surface area contributed by atoms with Gasteiger partial charge in [0.15, 0.2) is 0 Å². The summed E-state index contributed by atoms with van der Waals surface area (Å²) in [5.41, 5.74) is 2.25. The van der Waals surface area contributed by atoms with E-state index in [9.17, 15) is 9.59 Å². The van der Waals surface area contributed by atoms with Gasteiger partial charge in [-0.25, -0.2) is 0 Å². The van der Waals surface area contributed by atoms with Gasteiger partial charge in [0.1, 0.15) is 5.00 Å². The molecule has 0 saturated carbocycles. The van der Waals surface area contributed by atoms with E-state index in [1.807, 2.05) is 38.2 Å². The van der Waals surface area contributed by atoms with Crippen LogP contribution in [0.25, 0.3) is 0 Å². The molecule has 2 aromatic rings. The Morgan fingerprint density at radius 1 is 1.04 bits per heavy atom. The number of likely N-dealkylation sites (N-methyl/N-ethyl adjacent to an activating group) is 1. The first-order valence-corrected chi connectivity index (χ1v) is 9.24. The number of thiophene rings is 1. The summed E-state index contributed by atoms with van der Waals surface area (Å²) in [6, 6.07) is 9.45. The highest BCUT2D eigenvalue weighted by atomic mass is 35.5. The lowest BCUT2D eigenvalue weighted by Gasteiger charge is -2.12. The van der Waals surface area contributed by atoms with Crippen LogP contribution in [-0.2, 0) is 0 Å². The maximum absolute atomic E-state index is 12.4. The Morgan fingerprint density at radius 2 is 1.69 bits per heavy atom. The first-order chi connectivity index (χ1) is 11.9. The maximum Gasteiger partial charge on any atom is 0.256 e. The Kier molecular flexibility index (Phi) is 8.78. The summed E-state index contributed by atoms with van der Waals surface area (Å²) in [4.78, 5) is 24.7. The molecule has 0 aliphatic heterocycles. The normalized spacial score (nSPS) is 11.6. The largest absolute Gasteiger partial charge is 0.350 e. The van der Waals surface area contributed by atoms with Gasteiger partial charge in [0.05, 0.1) is 5.56 Å². The third kappa shape index (κ3) is 5.83. The Morgan fingerprint density at radius 3 is 2.27 bits per heavy atom. The van der Waals surface area contributed by atoms with Crippen LogP contribution in [0, 0.1) is 0 Å². The molecule has 0 bridgehead atoms. The third-order valence-electron chi connectivity index (χ3n) is 4.04. The Hall–Kier alpha value is -1.89. The predicted molar refractivity (Wildman–Crippen MR) is 111 cm³/mol. The van der Waals surface area contributed by atoms with Crippen molar-refractivity contribution < 1.29 is 9.59 Å². The molecule has 0 aliphatic rings. The van der Waals surface area contributed by atoms with Gasteiger partial charge in [0.2, 0.25) is 0 Å². The van der Waals surface area contributed by atoms with E-state index in [0.29, 0.717) is 28.6 Å². The molecule has 0 saturated heterocycles. The molecule has 0 spiro atoms. The van der Waals surface area contributed by atoms with Crippen LogP contribution in [0.3, 0.4) is 0 Å². The second kappa shape index (κ2) is 10.3. The second-order valence-corrected chi connectivity index (χ2v) is 7.21. The summed E-state index contributed by atoms with van der Waals surface area (Å²) < 4.78 is 0. The van der Waals surface area contributed by atoms with Crippen LogP contribution < -0.4 is 16.0 Å². The Balaban J connectivity index is 0.00000338. The summed E-state index contributed by atoms with van der Waals surface area (Å²) in [7, 11) is 1.84. The minimum Gasteiger partial charge on any atom is -0.350 e. The second-order valence-electron chi connectivity index (χ2n) is 6.29. The number of carbonyl (C=O) groups is 2. The Bertz CT molecular complexity index is 729. The molecule has 3 N–H and O–H groups in total. The van der Waals surface area contributed by atoms with Crippen LogP contribution in [0.5, 0.6) is 0 Å². The minimum atomic E-state index is -0.213. The fourth-order valence-corrected chi connectivity index (χ4v) is 3.00. The Labute approximate surface area is 165 Å². The minimum absolute atomic E-state index is 0. The van der Waals surface area contributed by atoms with Crippen molar-refractivity contribution in [2.45, 2.75) is 32.7 Å². The van der Waals surface area contributed by atoms with E-state index in [1.165, 1.54) is 16.9 Å². The van der Waals surface area contributed by atoms with Crippen LogP contribution in [0.4, 0.5) is 5.00 Å². The van der Waals surface area contributed by atoms with Crippen LogP contribution in [-0.4, -0.2) is 31.4 Å². The van der Waals surface area contributed by atoms with Crippen molar-refractivity contribution in [3.63, 3.8) is 0 Å². The van der Waals surface area contributed by atoms with Gasteiger partial charge in [-0.1, -0.05) is 26.0 Å². The first kappa shape index (κ1) is 22.2. The average molecular weight is 396 g/mol. The van der Waals surface area contributed by atoms with Gasteiger partial charge < -0.3 is 16.0 Å². The molecule has 0 aliphatic carbocycles. The SMILES string of the molecule is CNC(C)CNC(=O)c1ccsc1NC(=O)c1ccc(C(C)C)cc1.Cl. The quantitative estimate of drug-likeness (QED) is 0.666. The summed E-state index contributed by atoms with van der Waals surface area (Å²) in [6.07, 6.45) is 0. The third-order valence-corrected chi connectivity index (χ3v) is 4.87. The lowest BCUT2D eigenvalue weighted by atomic mass is 10.0. The highest BCUT2D eigenvalue weighted by Gasteiger charge is 2.16. The molecule has 1 unspecified atom stereocenters. The highest BCUT2D eigenvalue weighted by Crippen LogP contribution is 2.24. The molecule has 2 rings (SSSR count). The van der Waals surface area contributed by atoms with Crippen molar-refractivity contribution in [1.29, 1.82) is 0 Å². The van der Waals surface area contributed by atoms with Crippen LogP contribution in [0.15, 0.2) is 35.7 Å². The molecule has 0 fully saturated rings. The number of rotatable bonds is 7. The zero-order valence-corrected chi connectivity index (χ0v) is 17.1. The molecule has 142 valence electrons. The van der Waals surface area contributed by atoms with Crippen molar-refractivity contribution >= 4 is 40.6 Å². The molecule has 0 radical (unpaired) electrons. The molecule has 2 amide bonds.